The molecule has 134 valence electrons. The molecule has 3 heterocycles. The van der Waals surface area contributed by atoms with Crippen molar-refractivity contribution < 1.29 is 9.84 Å². The highest BCUT2D eigenvalue weighted by Crippen LogP contribution is 2.28. The van der Waals surface area contributed by atoms with Gasteiger partial charge in [-0.15, -0.1) is 0 Å². The highest BCUT2D eigenvalue weighted by atomic mass is 16.5. The smallest absolute Gasteiger partial charge is 0.132 e. The standard InChI is InChI=1S/C18H30N4O2/c1-24-13-17-8-18(20-14-19-17)22-10-15(16(11-22)12-23)9-21-6-4-2-3-5-7-21/h8,14-16,23H,2-7,9-13H2,1H3. The van der Waals surface area contributed by atoms with Crippen LogP contribution >= 0.6 is 0 Å². The third-order valence-electron chi connectivity index (χ3n) is 5.33. The molecule has 2 atom stereocenters. The summed E-state index contributed by atoms with van der Waals surface area (Å²) in [4.78, 5) is 13.6. The highest BCUT2D eigenvalue weighted by Gasteiger charge is 2.34. The van der Waals surface area contributed by atoms with Crippen molar-refractivity contribution in [1.29, 1.82) is 0 Å². The van der Waals surface area contributed by atoms with Gasteiger partial charge < -0.3 is 19.6 Å². The number of hydrogen-bond acceptors (Lipinski definition) is 6. The van der Waals surface area contributed by atoms with Crippen LogP contribution in [0, 0.1) is 11.8 Å². The minimum absolute atomic E-state index is 0.255. The minimum atomic E-state index is 0.255. The summed E-state index contributed by atoms with van der Waals surface area (Å²) in [6.07, 6.45) is 6.96. The first kappa shape index (κ1) is 17.6. The topological polar surface area (TPSA) is 61.7 Å². The molecule has 1 aromatic rings. The Balaban J connectivity index is 1.64. The molecular formula is C18H30N4O2. The fourth-order valence-electron chi connectivity index (χ4n) is 3.98. The van der Waals surface area contributed by atoms with E-state index in [4.69, 9.17) is 4.74 Å². The molecule has 2 saturated heterocycles. The van der Waals surface area contributed by atoms with E-state index < -0.39 is 0 Å². The van der Waals surface area contributed by atoms with E-state index in [0.717, 1.165) is 31.1 Å². The van der Waals surface area contributed by atoms with E-state index >= 15 is 0 Å². The number of aliphatic hydroxyl groups is 1. The molecule has 0 saturated carbocycles. The van der Waals surface area contributed by atoms with Crippen LogP contribution in [-0.4, -0.2) is 66.4 Å². The molecule has 0 aromatic carbocycles. The number of rotatable bonds is 6. The second-order valence-electron chi connectivity index (χ2n) is 7.12. The Morgan fingerprint density at radius 3 is 2.58 bits per heavy atom. The van der Waals surface area contributed by atoms with Gasteiger partial charge in [-0.05, 0) is 31.8 Å². The Morgan fingerprint density at radius 2 is 1.88 bits per heavy atom. The summed E-state index contributed by atoms with van der Waals surface area (Å²) in [6, 6.07) is 2.01. The number of likely N-dealkylation sites (tertiary alicyclic amines) is 1. The third-order valence-corrected chi connectivity index (χ3v) is 5.33. The van der Waals surface area contributed by atoms with E-state index in [2.05, 4.69) is 19.8 Å². The van der Waals surface area contributed by atoms with Crippen LogP contribution < -0.4 is 4.90 Å². The Morgan fingerprint density at radius 1 is 1.12 bits per heavy atom. The van der Waals surface area contributed by atoms with Gasteiger partial charge in [-0.1, -0.05) is 12.8 Å². The van der Waals surface area contributed by atoms with E-state index in [1.807, 2.05) is 6.07 Å². The van der Waals surface area contributed by atoms with Crippen molar-refractivity contribution >= 4 is 5.82 Å². The van der Waals surface area contributed by atoms with Crippen molar-refractivity contribution in [2.75, 3.05) is 51.3 Å². The second kappa shape index (κ2) is 8.74. The predicted molar refractivity (Wildman–Crippen MR) is 93.9 cm³/mol. The number of aromatic nitrogens is 2. The van der Waals surface area contributed by atoms with Crippen molar-refractivity contribution in [3.05, 3.63) is 18.1 Å². The summed E-state index contributed by atoms with van der Waals surface area (Å²) >= 11 is 0. The van der Waals surface area contributed by atoms with Gasteiger partial charge >= 0.3 is 0 Å². The number of aliphatic hydroxyl groups excluding tert-OH is 1. The van der Waals surface area contributed by atoms with Gasteiger partial charge in [-0.3, -0.25) is 0 Å². The van der Waals surface area contributed by atoms with Crippen LogP contribution in [0.25, 0.3) is 0 Å². The fourth-order valence-corrected chi connectivity index (χ4v) is 3.98. The number of ether oxygens (including phenoxy) is 1. The van der Waals surface area contributed by atoms with Crippen molar-refractivity contribution in [2.45, 2.75) is 32.3 Å². The van der Waals surface area contributed by atoms with E-state index in [1.165, 1.54) is 38.8 Å². The molecular weight excluding hydrogens is 304 g/mol. The van der Waals surface area contributed by atoms with Gasteiger partial charge in [0.15, 0.2) is 0 Å². The molecule has 2 aliphatic heterocycles. The summed E-state index contributed by atoms with van der Waals surface area (Å²) in [6.45, 7) is 6.11. The van der Waals surface area contributed by atoms with Crippen molar-refractivity contribution in [2.24, 2.45) is 11.8 Å². The van der Waals surface area contributed by atoms with Gasteiger partial charge in [0.1, 0.15) is 12.1 Å². The van der Waals surface area contributed by atoms with Crippen molar-refractivity contribution in [3.8, 4) is 0 Å². The van der Waals surface area contributed by atoms with Gasteiger partial charge in [-0.2, -0.15) is 0 Å². The van der Waals surface area contributed by atoms with E-state index in [0.29, 0.717) is 18.4 Å². The lowest BCUT2D eigenvalue weighted by Crippen LogP contribution is -2.34. The van der Waals surface area contributed by atoms with Crippen LogP contribution in [0.5, 0.6) is 0 Å². The first-order chi connectivity index (χ1) is 11.8. The van der Waals surface area contributed by atoms with Crippen LogP contribution in [0.4, 0.5) is 5.82 Å². The molecule has 0 bridgehead atoms. The maximum Gasteiger partial charge on any atom is 0.132 e. The molecule has 2 aliphatic rings. The molecule has 6 heteroatoms. The highest BCUT2D eigenvalue weighted by molar-refractivity contribution is 5.40. The summed E-state index contributed by atoms with van der Waals surface area (Å²) in [5.74, 6) is 1.79. The lowest BCUT2D eigenvalue weighted by Gasteiger charge is -2.26. The van der Waals surface area contributed by atoms with Crippen LogP contribution in [0.3, 0.4) is 0 Å². The molecule has 1 N–H and O–H groups in total. The van der Waals surface area contributed by atoms with E-state index in [9.17, 15) is 5.11 Å². The average Bonchev–Trinajstić information content (AvgIpc) is 2.82. The molecule has 0 amide bonds. The number of nitrogens with zero attached hydrogens (tertiary/aromatic N) is 4. The Labute approximate surface area is 144 Å². The number of hydrogen-bond donors (Lipinski definition) is 1. The van der Waals surface area contributed by atoms with Crippen LogP contribution in [0.1, 0.15) is 31.4 Å². The lowest BCUT2D eigenvalue weighted by atomic mass is 9.96. The summed E-state index contributed by atoms with van der Waals surface area (Å²) in [5.41, 5.74) is 0.902. The van der Waals surface area contributed by atoms with Crippen molar-refractivity contribution in [1.82, 2.24) is 14.9 Å². The first-order valence-electron chi connectivity index (χ1n) is 9.18. The van der Waals surface area contributed by atoms with Gasteiger partial charge in [0, 0.05) is 45.3 Å². The molecule has 0 radical (unpaired) electrons. The third kappa shape index (κ3) is 4.43. The zero-order valence-corrected chi connectivity index (χ0v) is 14.7. The number of methoxy groups -OCH3 is 1. The maximum absolute atomic E-state index is 9.83. The lowest BCUT2D eigenvalue weighted by molar-refractivity contribution is 0.165. The molecule has 24 heavy (non-hydrogen) atoms. The Bertz CT molecular complexity index is 506. The molecule has 0 spiro atoms. The zero-order chi connectivity index (χ0) is 16.8. The Hall–Kier alpha value is -1.24. The monoisotopic (exact) mass is 334 g/mol. The van der Waals surface area contributed by atoms with Crippen LogP contribution in [0.15, 0.2) is 12.4 Å². The van der Waals surface area contributed by atoms with Gasteiger partial charge in [0.25, 0.3) is 0 Å². The predicted octanol–water partition coefficient (Wildman–Crippen LogP) is 1.54. The van der Waals surface area contributed by atoms with E-state index in [1.54, 1.807) is 13.4 Å². The summed E-state index contributed by atoms with van der Waals surface area (Å²) < 4.78 is 5.17. The average molecular weight is 334 g/mol. The molecule has 0 aliphatic carbocycles. The first-order valence-corrected chi connectivity index (χ1v) is 9.18. The minimum Gasteiger partial charge on any atom is -0.396 e. The fraction of sp³-hybridized carbons (Fsp3) is 0.778. The quantitative estimate of drug-likeness (QED) is 0.852. The van der Waals surface area contributed by atoms with Gasteiger partial charge in [0.2, 0.25) is 0 Å². The molecule has 2 fully saturated rings. The molecule has 1 aromatic heterocycles. The van der Waals surface area contributed by atoms with Gasteiger partial charge in [-0.25, -0.2) is 9.97 Å². The zero-order valence-electron chi connectivity index (χ0n) is 14.7. The maximum atomic E-state index is 9.83. The summed E-state index contributed by atoms with van der Waals surface area (Å²) in [7, 11) is 1.68. The van der Waals surface area contributed by atoms with Crippen LogP contribution in [0.2, 0.25) is 0 Å². The van der Waals surface area contributed by atoms with E-state index in [-0.39, 0.29) is 6.61 Å². The normalized spacial score (nSPS) is 25.8. The molecule has 2 unspecified atom stereocenters. The summed E-state index contributed by atoms with van der Waals surface area (Å²) in [5, 5.41) is 9.83. The van der Waals surface area contributed by atoms with Crippen LogP contribution in [-0.2, 0) is 11.3 Å². The largest absolute Gasteiger partial charge is 0.396 e. The van der Waals surface area contributed by atoms with Crippen molar-refractivity contribution in [3.63, 3.8) is 0 Å². The molecule has 3 rings (SSSR count). The SMILES string of the molecule is COCc1cc(N2CC(CO)C(CN3CCCCCC3)C2)ncn1. The molecule has 6 nitrogen and oxygen atoms in total. The Kier molecular flexibility index (Phi) is 6.40. The van der Waals surface area contributed by atoms with Gasteiger partial charge in [0.05, 0.1) is 12.3 Å². The second-order valence-corrected chi connectivity index (χ2v) is 7.12. The number of anilines is 1.